The molecule has 1 saturated carbocycles. The van der Waals surface area contributed by atoms with Crippen LogP contribution < -0.4 is 0 Å². The Kier molecular flexibility index (Phi) is 3.68. The Morgan fingerprint density at radius 2 is 2.00 bits per heavy atom. The van der Waals surface area contributed by atoms with Gasteiger partial charge in [-0.25, -0.2) is 0 Å². The third-order valence-corrected chi connectivity index (χ3v) is 4.74. The van der Waals surface area contributed by atoms with Gasteiger partial charge in [0, 0.05) is 13.0 Å². The van der Waals surface area contributed by atoms with Crippen LogP contribution in [0.1, 0.15) is 58.8 Å². The third-order valence-electron chi connectivity index (χ3n) is 4.74. The van der Waals surface area contributed by atoms with E-state index in [4.69, 9.17) is 0 Å². The van der Waals surface area contributed by atoms with Gasteiger partial charge in [0.25, 0.3) is 0 Å². The number of nitrogens with zero attached hydrogens (tertiary/aromatic N) is 1. The second-order valence-corrected chi connectivity index (χ2v) is 5.54. The number of hydrogen-bond donors (Lipinski definition) is 0. The highest BCUT2D eigenvalue weighted by Crippen LogP contribution is 2.42. The molecule has 1 heterocycles. The zero-order valence-corrected chi connectivity index (χ0v) is 10.8. The molecule has 0 aromatic rings. The molecular formula is C14H25NO. The monoisotopic (exact) mass is 223 g/mol. The Labute approximate surface area is 99.4 Å². The van der Waals surface area contributed by atoms with E-state index < -0.39 is 0 Å². The summed E-state index contributed by atoms with van der Waals surface area (Å²) in [4.78, 5) is 14.7. The van der Waals surface area contributed by atoms with E-state index in [0.717, 1.165) is 38.3 Å². The molecule has 0 aromatic heterocycles. The number of ketones is 1. The molecule has 0 amide bonds. The van der Waals surface area contributed by atoms with E-state index in [1.807, 2.05) is 0 Å². The van der Waals surface area contributed by atoms with Crippen LogP contribution in [0.25, 0.3) is 0 Å². The van der Waals surface area contributed by atoms with Crippen molar-refractivity contribution in [1.82, 2.24) is 4.90 Å². The topological polar surface area (TPSA) is 20.3 Å². The first-order valence-electron chi connectivity index (χ1n) is 7.01. The number of carbonyl (C=O) groups is 1. The van der Waals surface area contributed by atoms with Crippen LogP contribution in [0.15, 0.2) is 0 Å². The maximum Gasteiger partial charge on any atom is 0.154 e. The predicted octanol–water partition coefficient (Wildman–Crippen LogP) is 3.01. The van der Waals surface area contributed by atoms with E-state index in [1.165, 1.54) is 25.7 Å². The van der Waals surface area contributed by atoms with Gasteiger partial charge in [-0.2, -0.15) is 0 Å². The minimum atomic E-state index is -0.0261. The molecule has 16 heavy (non-hydrogen) atoms. The SMILES string of the molecule is CCCN1CCC(=O)C12CCC(CC)CC2. The predicted molar refractivity (Wildman–Crippen MR) is 66.5 cm³/mol. The average molecular weight is 223 g/mol. The van der Waals surface area contributed by atoms with Gasteiger partial charge < -0.3 is 0 Å². The Hall–Kier alpha value is -0.370. The number of carbonyl (C=O) groups excluding carboxylic acids is 1. The third kappa shape index (κ3) is 1.92. The summed E-state index contributed by atoms with van der Waals surface area (Å²) >= 11 is 0. The fourth-order valence-corrected chi connectivity index (χ4v) is 3.61. The van der Waals surface area contributed by atoms with Crippen LogP contribution >= 0.6 is 0 Å². The van der Waals surface area contributed by atoms with Gasteiger partial charge in [0.05, 0.1) is 5.54 Å². The molecule has 2 heteroatoms. The van der Waals surface area contributed by atoms with Crippen LogP contribution in [0.3, 0.4) is 0 Å². The molecule has 1 saturated heterocycles. The van der Waals surface area contributed by atoms with Crippen molar-refractivity contribution in [2.24, 2.45) is 5.92 Å². The second-order valence-electron chi connectivity index (χ2n) is 5.54. The Bertz CT molecular complexity index is 253. The van der Waals surface area contributed by atoms with Crippen LogP contribution in [0.4, 0.5) is 0 Å². The smallest absolute Gasteiger partial charge is 0.154 e. The molecule has 2 fully saturated rings. The lowest BCUT2D eigenvalue weighted by atomic mass is 9.73. The van der Waals surface area contributed by atoms with Gasteiger partial charge in [-0.3, -0.25) is 9.69 Å². The maximum atomic E-state index is 12.2. The molecule has 2 nitrogen and oxygen atoms in total. The van der Waals surface area contributed by atoms with E-state index in [2.05, 4.69) is 18.7 Å². The van der Waals surface area contributed by atoms with Crippen LogP contribution in [0.2, 0.25) is 0 Å². The quantitative estimate of drug-likeness (QED) is 0.733. The summed E-state index contributed by atoms with van der Waals surface area (Å²) in [7, 11) is 0. The number of rotatable bonds is 3. The molecule has 1 aliphatic heterocycles. The Morgan fingerprint density at radius 3 is 2.56 bits per heavy atom. The minimum absolute atomic E-state index is 0.0261. The highest BCUT2D eigenvalue weighted by atomic mass is 16.1. The fourth-order valence-electron chi connectivity index (χ4n) is 3.61. The normalized spacial score (nSPS) is 36.1. The first-order valence-corrected chi connectivity index (χ1v) is 7.01. The van der Waals surface area contributed by atoms with Gasteiger partial charge in [0.1, 0.15) is 0 Å². The Balaban J connectivity index is 2.07. The molecular weight excluding hydrogens is 198 g/mol. The zero-order valence-electron chi connectivity index (χ0n) is 10.8. The average Bonchev–Trinajstić information content (AvgIpc) is 2.60. The van der Waals surface area contributed by atoms with Crippen molar-refractivity contribution in [3.63, 3.8) is 0 Å². The summed E-state index contributed by atoms with van der Waals surface area (Å²) in [6, 6.07) is 0. The minimum Gasteiger partial charge on any atom is -0.298 e. The highest BCUT2D eigenvalue weighted by molar-refractivity contribution is 5.90. The first kappa shape index (κ1) is 12.1. The largest absolute Gasteiger partial charge is 0.298 e. The van der Waals surface area contributed by atoms with Crippen molar-refractivity contribution in [3.05, 3.63) is 0 Å². The molecule has 0 N–H and O–H groups in total. The fraction of sp³-hybridized carbons (Fsp3) is 0.929. The van der Waals surface area contributed by atoms with E-state index in [9.17, 15) is 4.79 Å². The lowest BCUT2D eigenvalue weighted by Crippen LogP contribution is -2.51. The summed E-state index contributed by atoms with van der Waals surface area (Å²) in [5.41, 5.74) is -0.0261. The summed E-state index contributed by atoms with van der Waals surface area (Å²) in [5, 5.41) is 0. The zero-order chi connectivity index (χ0) is 11.6. The molecule has 0 radical (unpaired) electrons. The van der Waals surface area contributed by atoms with Gasteiger partial charge in [-0.15, -0.1) is 0 Å². The summed E-state index contributed by atoms with van der Waals surface area (Å²) in [6.45, 7) is 6.63. The van der Waals surface area contributed by atoms with Crippen molar-refractivity contribution in [1.29, 1.82) is 0 Å². The number of likely N-dealkylation sites (tertiary alicyclic amines) is 1. The molecule has 0 atom stereocenters. The molecule has 0 bridgehead atoms. The molecule has 92 valence electrons. The van der Waals surface area contributed by atoms with E-state index in [-0.39, 0.29) is 5.54 Å². The van der Waals surface area contributed by atoms with Gasteiger partial charge in [0.2, 0.25) is 0 Å². The summed E-state index contributed by atoms with van der Waals surface area (Å²) in [6.07, 6.45) is 8.06. The molecule has 0 unspecified atom stereocenters. The highest BCUT2D eigenvalue weighted by Gasteiger charge is 2.48. The van der Waals surface area contributed by atoms with Crippen molar-refractivity contribution < 1.29 is 4.79 Å². The summed E-state index contributed by atoms with van der Waals surface area (Å²) < 4.78 is 0. The van der Waals surface area contributed by atoms with Crippen molar-refractivity contribution >= 4 is 5.78 Å². The lowest BCUT2D eigenvalue weighted by Gasteiger charge is -2.42. The van der Waals surface area contributed by atoms with Crippen molar-refractivity contribution in [2.45, 2.75) is 64.3 Å². The van der Waals surface area contributed by atoms with Crippen LogP contribution in [-0.4, -0.2) is 29.3 Å². The lowest BCUT2D eigenvalue weighted by molar-refractivity contribution is -0.127. The molecule has 1 aliphatic carbocycles. The molecule has 1 spiro atoms. The van der Waals surface area contributed by atoms with Gasteiger partial charge >= 0.3 is 0 Å². The van der Waals surface area contributed by atoms with E-state index in [1.54, 1.807) is 0 Å². The molecule has 0 aromatic carbocycles. The first-order chi connectivity index (χ1) is 7.73. The second kappa shape index (κ2) is 4.87. The number of hydrogen-bond acceptors (Lipinski definition) is 2. The van der Waals surface area contributed by atoms with Gasteiger partial charge in [-0.05, 0) is 44.6 Å². The Morgan fingerprint density at radius 1 is 1.31 bits per heavy atom. The van der Waals surface area contributed by atoms with Crippen molar-refractivity contribution in [2.75, 3.05) is 13.1 Å². The van der Waals surface area contributed by atoms with Gasteiger partial charge in [0.15, 0.2) is 5.78 Å². The van der Waals surface area contributed by atoms with Crippen LogP contribution in [0.5, 0.6) is 0 Å². The van der Waals surface area contributed by atoms with E-state index in [0.29, 0.717) is 5.78 Å². The van der Waals surface area contributed by atoms with Crippen LogP contribution in [0, 0.1) is 5.92 Å². The molecule has 2 aliphatic rings. The van der Waals surface area contributed by atoms with Gasteiger partial charge in [-0.1, -0.05) is 20.3 Å². The van der Waals surface area contributed by atoms with Crippen molar-refractivity contribution in [3.8, 4) is 0 Å². The molecule has 2 rings (SSSR count). The number of Topliss-reactive ketones (excluding diaryl/α,β-unsaturated/α-hetero) is 1. The maximum absolute atomic E-state index is 12.2. The van der Waals surface area contributed by atoms with Crippen LogP contribution in [-0.2, 0) is 4.79 Å². The standard InChI is InChI=1S/C14H25NO/c1-3-10-15-11-7-13(16)14(15)8-5-12(4-2)6-9-14/h12H,3-11H2,1-2H3. The summed E-state index contributed by atoms with van der Waals surface area (Å²) in [5.74, 6) is 1.41. The van der Waals surface area contributed by atoms with E-state index >= 15 is 0 Å².